The summed E-state index contributed by atoms with van der Waals surface area (Å²) in [5.41, 5.74) is 2.19. The summed E-state index contributed by atoms with van der Waals surface area (Å²) in [6.07, 6.45) is 1.72. The average Bonchev–Trinajstić information content (AvgIpc) is 3.41. The highest BCUT2D eigenvalue weighted by molar-refractivity contribution is 7.07. The number of allylic oxidation sites excluding steroid dienone is 1. The summed E-state index contributed by atoms with van der Waals surface area (Å²) in [4.78, 5) is 32.4. The molecule has 182 valence electrons. The second-order valence-electron chi connectivity index (χ2n) is 8.35. The maximum absolute atomic E-state index is 13.7. The number of furan rings is 1. The Morgan fingerprint density at radius 2 is 1.86 bits per heavy atom. The van der Waals surface area contributed by atoms with E-state index in [2.05, 4.69) is 10.3 Å². The van der Waals surface area contributed by atoms with Crippen LogP contribution in [0.3, 0.4) is 0 Å². The lowest BCUT2D eigenvalue weighted by molar-refractivity contribution is -0.113. The summed E-state index contributed by atoms with van der Waals surface area (Å²) in [7, 11) is 0. The highest BCUT2D eigenvalue weighted by Gasteiger charge is 2.32. The topological polar surface area (TPSA) is 85.8 Å². The highest BCUT2D eigenvalue weighted by Crippen LogP contribution is 2.31. The van der Waals surface area contributed by atoms with E-state index in [4.69, 9.17) is 9.15 Å². The highest BCUT2D eigenvalue weighted by atomic mass is 32.1. The van der Waals surface area contributed by atoms with Crippen LogP contribution in [0, 0.1) is 6.92 Å². The van der Waals surface area contributed by atoms with Gasteiger partial charge >= 0.3 is 0 Å². The van der Waals surface area contributed by atoms with Crippen molar-refractivity contribution in [1.82, 2.24) is 4.57 Å². The Morgan fingerprint density at radius 3 is 2.53 bits per heavy atom. The third kappa shape index (κ3) is 4.55. The van der Waals surface area contributed by atoms with Crippen molar-refractivity contribution in [2.24, 2.45) is 4.99 Å². The van der Waals surface area contributed by atoms with Gasteiger partial charge in [-0.15, -0.1) is 0 Å². The Bertz CT molecular complexity index is 1630. The molecule has 1 N–H and O–H groups in total. The first-order valence-corrected chi connectivity index (χ1v) is 12.4. The Kier molecular flexibility index (Phi) is 6.43. The van der Waals surface area contributed by atoms with Gasteiger partial charge in [0.15, 0.2) is 4.80 Å². The van der Waals surface area contributed by atoms with Crippen molar-refractivity contribution in [2.75, 3.05) is 11.9 Å². The molecular formula is C28H25N3O4S. The molecule has 7 nitrogen and oxygen atoms in total. The van der Waals surface area contributed by atoms with Crippen molar-refractivity contribution in [3.63, 3.8) is 0 Å². The summed E-state index contributed by atoms with van der Waals surface area (Å²) in [5, 5.41) is 2.96. The molecule has 0 aliphatic carbocycles. The molecule has 1 aliphatic rings. The van der Waals surface area contributed by atoms with E-state index in [9.17, 15) is 9.59 Å². The molecule has 0 saturated heterocycles. The summed E-state index contributed by atoms with van der Waals surface area (Å²) in [5.74, 6) is 1.76. The molecule has 2 aromatic carbocycles. The van der Waals surface area contributed by atoms with Crippen LogP contribution in [-0.4, -0.2) is 17.1 Å². The lowest BCUT2D eigenvalue weighted by Gasteiger charge is -2.25. The van der Waals surface area contributed by atoms with Gasteiger partial charge in [-0.2, -0.15) is 0 Å². The lowest BCUT2D eigenvalue weighted by atomic mass is 9.95. The molecule has 0 fully saturated rings. The average molecular weight is 500 g/mol. The molecule has 8 heteroatoms. The number of thiazole rings is 1. The molecule has 0 radical (unpaired) electrons. The maximum Gasteiger partial charge on any atom is 0.271 e. The van der Waals surface area contributed by atoms with Crippen molar-refractivity contribution in [1.29, 1.82) is 0 Å². The van der Waals surface area contributed by atoms with Crippen LogP contribution in [0.15, 0.2) is 92.2 Å². The van der Waals surface area contributed by atoms with Gasteiger partial charge in [0.1, 0.15) is 17.3 Å². The maximum atomic E-state index is 13.7. The molecule has 1 aliphatic heterocycles. The summed E-state index contributed by atoms with van der Waals surface area (Å²) in [6, 6.07) is 19.7. The normalized spacial score (nSPS) is 15.4. The molecule has 36 heavy (non-hydrogen) atoms. The Labute approximate surface area is 211 Å². The molecule has 4 aromatic rings. The van der Waals surface area contributed by atoms with Gasteiger partial charge < -0.3 is 14.5 Å². The second-order valence-corrected chi connectivity index (χ2v) is 9.36. The largest absolute Gasteiger partial charge is 0.494 e. The SMILES string of the molecule is CCOc1ccc([C@H]2C(C(=O)Nc3ccccc3)=C(C)N=c3s/c(=C\c4ccc(C)o4)c(=O)n32)cc1. The number of hydrogen-bond donors (Lipinski definition) is 1. The minimum absolute atomic E-state index is 0.232. The summed E-state index contributed by atoms with van der Waals surface area (Å²) < 4.78 is 13.3. The van der Waals surface area contributed by atoms with Crippen molar-refractivity contribution in [3.05, 3.63) is 115 Å². The predicted octanol–water partition coefficient (Wildman–Crippen LogP) is 4.17. The quantitative estimate of drug-likeness (QED) is 0.431. The van der Waals surface area contributed by atoms with Gasteiger partial charge in [-0.25, -0.2) is 4.99 Å². The number of para-hydroxylation sites is 1. The number of carbonyl (C=O) groups excluding carboxylic acids is 1. The molecule has 1 atom stereocenters. The zero-order valence-corrected chi connectivity index (χ0v) is 21.0. The monoisotopic (exact) mass is 499 g/mol. The van der Waals surface area contributed by atoms with E-state index in [1.807, 2.05) is 80.6 Å². The van der Waals surface area contributed by atoms with Crippen LogP contribution in [0.1, 0.15) is 37.0 Å². The molecular weight excluding hydrogens is 474 g/mol. The number of amides is 1. The van der Waals surface area contributed by atoms with Crippen LogP contribution in [-0.2, 0) is 4.79 Å². The van der Waals surface area contributed by atoms with Crippen molar-refractivity contribution < 1.29 is 13.9 Å². The molecule has 0 saturated carbocycles. The van der Waals surface area contributed by atoms with Gasteiger partial charge in [0, 0.05) is 11.8 Å². The fourth-order valence-corrected chi connectivity index (χ4v) is 5.25. The molecule has 1 amide bonds. The number of benzene rings is 2. The number of hydrogen-bond acceptors (Lipinski definition) is 6. The van der Waals surface area contributed by atoms with E-state index >= 15 is 0 Å². The van der Waals surface area contributed by atoms with E-state index in [0.29, 0.717) is 38.7 Å². The van der Waals surface area contributed by atoms with Gasteiger partial charge in [-0.1, -0.05) is 41.7 Å². The molecule has 0 bridgehead atoms. The number of aromatic nitrogens is 1. The first-order valence-electron chi connectivity index (χ1n) is 11.6. The van der Waals surface area contributed by atoms with E-state index in [1.54, 1.807) is 17.6 Å². The van der Waals surface area contributed by atoms with Crippen LogP contribution in [0.4, 0.5) is 5.69 Å². The summed E-state index contributed by atoms with van der Waals surface area (Å²) >= 11 is 1.27. The third-order valence-corrected chi connectivity index (χ3v) is 6.82. The van der Waals surface area contributed by atoms with Crippen LogP contribution >= 0.6 is 11.3 Å². The third-order valence-electron chi connectivity index (χ3n) is 5.84. The number of nitrogens with zero attached hydrogens (tertiary/aromatic N) is 2. The van der Waals surface area contributed by atoms with Crippen LogP contribution in [0.5, 0.6) is 5.75 Å². The van der Waals surface area contributed by atoms with Crippen molar-refractivity contribution in [3.8, 4) is 5.75 Å². The Morgan fingerprint density at radius 1 is 1.11 bits per heavy atom. The van der Waals surface area contributed by atoms with Crippen molar-refractivity contribution in [2.45, 2.75) is 26.8 Å². The molecule has 0 unspecified atom stereocenters. The number of ether oxygens (including phenoxy) is 1. The summed E-state index contributed by atoms with van der Waals surface area (Å²) in [6.45, 7) is 6.12. The molecule has 3 heterocycles. The van der Waals surface area contributed by atoms with Crippen LogP contribution in [0.2, 0.25) is 0 Å². The second kappa shape index (κ2) is 9.83. The number of anilines is 1. The Hall–Kier alpha value is -4.17. The van der Waals surface area contributed by atoms with Crippen molar-refractivity contribution >= 4 is 29.0 Å². The number of nitrogens with one attached hydrogen (secondary N) is 1. The fourth-order valence-electron chi connectivity index (χ4n) is 4.22. The van der Waals surface area contributed by atoms with Crippen LogP contribution < -0.4 is 24.9 Å². The first kappa shape index (κ1) is 23.6. The standard InChI is InChI=1S/C28H25N3O4S/c1-4-34-21-14-11-19(12-15-21)25-24(26(32)30-20-8-6-5-7-9-20)18(3)29-28-31(25)27(33)23(36-28)16-22-13-10-17(2)35-22/h5-16,25H,4H2,1-3H3,(H,30,32)/b23-16-/t25-/m0/s1. The van der Waals surface area contributed by atoms with E-state index in [-0.39, 0.29) is 11.5 Å². The Balaban J connectivity index is 1.66. The smallest absolute Gasteiger partial charge is 0.271 e. The first-order chi connectivity index (χ1) is 17.4. The van der Waals surface area contributed by atoms with E-state index in [0.717, 1.165) is 17.1 Å². The lowest BCUT2D eigenvalue weighted by Crippen LogP contribution is -2.40. The minimum atomic E-state index is -0.652. The molecule has 5 rings (SSSR count). The molecule has 0 spiro atoms. The number of rotatable bonds is 6. The number of carbonyl (C=O) groups is 1. The number of aryl methyl sites for hydroxylation is 1. The van der Waals surface area contributed by atoms with Gasteiger partial charge in [0.25, 0.3) is 11.5 Å². The van der Waals surface area contributed by atoms with Gasteiger partial charge in [-0.05, 0) is 62.7 Å². The molecule has 2 aromatic heterocycles. The zero-order valence-electron chi connectivity index (χ0n) is 20.1. The van der Waals surface area contributed by atoms with Gasteiger partial charge in [0.05, 0.1) is 28.5 Å². The van der Waals surface area contributed by atoms with Gasteiger partial charge in [0.2, 0.25) is 0 Å². The number of fused-ring (bicyclic) bond motifs is 1. The minimum Gasteiger partial charge on any atom is -0.494 e. The fraction of sp³-hybridized carbons (Fsp3) is 0.179. The zero-order chi connectivity index (χ0) is 25.2. The van der Waals surface area contributed by atoms with E-state index < -0.39 is 6.04 Å². The van der Waals surface area contributed by atoms with Crippen LogP contribution in [0.25, 0.3) is 6.08 Å². The van der Waals surface area contributed by atoms with E-state index in [1.165, 1.54) is 11.3 Å². The predicted molar refractivity (Wildman–Crippen MR) is 140 cm³/mol. The van der Waals surface area contributed by atoms with Gasteiger partial charge in [-0.3, -0.25) is 14.2 Å².